The maximum absolute atomic E-state index is 11.8. The number of benzene rings is 1. The van der Waals surface area contributed by atoms with Crippen molar-refractivity contribution in [1.29, 1.82) is 0 Å². The van der Waals surface area contributed by atoms with E-state index in [4.69, 9.17) is 0 Å². The molecule has 1 aliphatic rings. The van der Waals surface area contributed by atoms with Crippen molar-refractivity contribution in [2.24, 2.45) is 5.92 Å². The van der Waals surface area contributed by atoms with Crippen LogP contribution in [-0.4, -0.2) is 55.5 Å². The number of likely N-dealkylation sites (N-methyl/N-ethyl adjacent to an activating group) is 1. The SMILES string of the molecule is CC(C)CCC(=O)NCCCN1CCN(C)CC1c1ccccc1. The summed E-state index contributed by atoms with van der Waals surface area (Å²) < 4.78 is 0. The third kappa shape index (κ3) is 6.25. The fraction of sp³-hybridized carbons (Fsp3) is 0.650. The van der Waals surface area contributed by atoms with Crippen LogP contribution >= 0.6 is 0 Å². The van der Waals surface area contributed by atoms with Crippen LogP contribution in [0.25, 0.3) is 0 Å². The first-order valence-corrected chi connectivity index (χ1v) is 9.30. The number of nitrogens with one attached hydrogen (secondary N) is 1. The van der Waals surface area contributed by atoms with Gasteiger partial charge < -0.3 is 10.2 Å². The van der Waals surface area contributed by atoms with Crippen LogP contribution in [0.3, 0.4) is 0 Å². The first-order valence-electron chi connectivity index (χ1n) is 9.30. The molecule has 0 bridgehead atoms. The number of amides is 1. The van der Waals surface area contributed by atoms with Crippen LogP contribution in [0.4, 0.5) is 0 Å². The lowest BCUT2D eigenvalue weighted by Crippen LogP contribution is -2.47. The minimum atomic E-state index is 0.196. The highest BCUT2D eigenvalue weighted by Crippen LogP contribution is 2.24. The molecule has 4 nitrogen and oxygen atoms in total. The third-order valence-electron chi connectivity index (χ3n) is 4.77. The van der Waals surface area contributed by atoms with E-state index in [-0.39, 0.29) is 5.91 Å². The maximum Gasteiger partial charge on any atom is 0.220 e. The Hall–Kier alpha value is -1.39. The molecule has 134 valence electrons. The number of carbonyl (C=O) groups excluding carboxylic acids is 1. The van der Waals surface area contributed by atoms with Gasteiger partial charge >= 0.3 is 0 Å². The number of hydrogen-bond acceptors (Lipinski definition) is 3. The van der Waals surface area contributed by atoms with E-state index in [1.54, 1.807) is 0 Å². The summed E-state index contributed by atoms with van der Waals surface area (Å²) in [6.07, 6.45) is 2.64. The molecule has 1 aromatic carbocycles. The molecular formula is C20H33N3O. The van der Waals surface area contributed by atoms with Gasteiger partial charge in [-0.05, 0) is 31.4 Å². The van der Waals surface area contributed by atoms with E-state index in [1.165, 1.54) is 5.56 Å². The summed E-state index contributed by atoms with van der Waals surface area (Å²) >= 11 is 0. The Bertz CT molecular complexity index is 489. The lowest BCUT2D eigenvalue weighted by atomic mass is 10.0. The molecule has 4 heteroatoms. The molecule has 0 aromatic heterocycles. The fourth-order valence-corrected chi connectivity index (χ4v) is 3.23. The Morgan fingerprint density at radius 1 is 1.25 bits per heavy atom. The van der Waals surface area contributed by atoms with Crippen molar-refractivity contribution < 1.29 is 4.79 Å². The quantitative estimate of drug-likeness (QED) is 0.744. The van der Waals surface area contributed by atoms with Crippen molar-refractivity contribution in [2.75, 3.05) is 39.8 Å². The number of carbonyl (C=O) groups is 1. The minimum absolute atomic E-state index is 0.196. The van der Waals surface area contributed by atoms with E-state index in [0.717, 1.165) is 45.6 Å². The summed E-state index contributed by atoms with van der Waals surface area (Å²) in [6, 6.07) is 11.2. The van der Waals surface area contributed by atoms with E-state index in [0.29, 0.717) is 18.4 Å². The van der Waals surface area contributed by atoms with Crippen molar-refractivity contribution >= 4 is 5.91 Å². The molecule has 0 saturated carbocycles. The highest BCUT2D eigenvalue weighted by molar-refractivity contribution is 5.75. The van der Waals surface area contributed by atoms with Crippen molar-refractivity contribution in [3.8, 4) is 0 Å². The molecule has 2 rings (SSSR count). The van der Waals surface area contributed by atoms with Crippen molar-refractivity contribution in [3.63, 3.8) is 0 Å². The van der Waals surface area contributed by atoms with E-state index in [1.807, 2.05) is 0 Å². The van der Waals surface area contributed by atoms with Gasteiger partial charge in [0.25, 0.3) is 0 Å². The average molecular weight is 332 g/mol. The summed E-state index contributed by atoms with van der Waals surface area (Å²) in [5, 5.41) is 3.06. The number of piperazine rings is 1. The Kier molecular flexibility index (Phi) is 7.73. The molecule has 1 atom stereocenters. The zero-order valence-electron chi connectivity index (χ0n) is 15.5. The van der Waals surface area contributed by atoms with Crippen LogP contribution in [-0.2, 0) is 4.79 Å². The molecule has 1 amide bonds. The molecule has 24 heavy (non-hydrogen) atoms. The Morgan fingerprint density at radius 3 is 2.71 bits per heavy atom. The van der Waals surface area contributed by atoms with Gasteiger partial charge in [-0.3, -0.25) is 9.69 Å². The number of rotatable bonds is 8. The van der Waals surface area contributed by atoms with Gasteiger partial charge in [-0.25, -0.2) is 0 Å². The molecular weight excluding hydrogens is 298 g/mol. The van der Waals surface area contributed by atoms with Gasteiger partial charge in [-0.2, -0.15) is 0 Å². The van der Waals surface area contributed by atoms with Crippen molar-refractivity contribution in [2.45, 2.75) is 39.2 Å². The summed E-state index contributed by atoms with van der Waals surface area (Å²) in [5.41, 5.74) is 1.39. The molecule has 1 unspecified atom stereocenters. The summed E-state index contributed by atoms with van der Waals surface area (Å²) in [5.74, 6) is 0.786. The van der Waals surface area contributed by atoms with Gasteiger partial charge in [0.15, 0.2) is 0 Å². The van der Waals surface area contributed by atoms with Crippen LogP contribution in [0.1, 0.15) is 44.7 Å². The standard InChI is InChI=1S/C20H33N3O/c1-17(2)10-11-20(24)21-12-7-13-23-15-14-22(3)16-19(23)18-8-5-4-6-9-18/h4-6,8-9,17,19H,7,10-16H2,1-3H3,(H,21,24). The van der Waals surface area contributed by atoms with Crippen LogP contribution < -0.4 is 5.32 Å². The largest absolute Gasteiger partial charge is 0.356 e. The van der Waals surface area contributed by atoms with Gasteiger partial charge in [0, 0.05) is 45.2 Å². The maximum atomic E-state index is 11.8. The lowest BCUT2D eigenvalue weighted by molar-refractivity contribution is -0.121. The topological polar surface area (TPSA) is 35.6 Å². The second-order valence-electron chi connectivity index (χ2n) is 7.36. The molecule has 1 N–H and O–H groups in total. The van der Waals surface area contributed by atoms with E-state index in [9.17, 15) is 4.79 Å². The van der Waals surface area contributed by atoms with E-state index >= 15 is 0 Å². The van der Waals surface area contributed by atoms with Crippen molar-refractivity contribution in [3.05, 3.63) is 35.9 Å². The number of nitrogens with zero attached hydrogens (tertiary/aromatic N) is 2. The highest BCUT2D eigenvalue weighted by Gasteiger charge is 2.25. The van der Waals surface area contributed by atoms with Crippen LogP contribution in [0.15, 0.2) is 30.3 Å². The zero-order valence-corrected chi connectivity index (χ0v) is 15.5. The van der Waals surface area contributed by atoms with Gasteiger partial charge in [0.2, 0.25) is 5.91 Å². The Balaban J connectivity index is 1.76. The molecule has 0 aliphatic carbocycles. The van der Waals surface area contributed by atoms with Crippen LogP contribution in [0.5, 0.6) is 0 Å². The average Bonchev–Trinajstić information content (AvgIpc) is 2.58. The Morgan fingerprint density at radius 2 is 2.00 bits per heavy atom. The van der Waals surface area contributed by atoms with Crippen molar-refractivity contribution in [1.82, 2.24) is 15.1 Å². The smallest absolute Gasteiger partial charge is 0.220 e. The summed E-state index contributed by atoms with van der Waals surface area (Å²) in [6.45, 7) is 9.42. The first kappa shape index (κ1) is 18.9. The molecule has 0 radical (unpaired) electrons. The second kappa shape index (κ2) is 9.80. The lowest BCUT2D eigenvalue weighted by Gasteiger charge is -2.40. The predicted octanol–water partition coefficient (Wildman–Crippen LogP) is 2.92. The summed E-state index contributed by atoms with van der Waals surface area (Å²) in [7, 11) is 2.20. The van der Waals surface area contributed by atoms with Gasteiger partial charge in [0.05, 0.1) is 0 Å². The van der Waals surface area contributed by atoms with Crippen LogP contribution in [0, 0.1) is 5.92 Å². The molecule has 1 heterocycles. The van der Waals surface area contributed by atoms with Gasteiger partial charge in [0.1, 0.15) is 0 Å². The molecule has 1 saturated heterocycles. The molecule has 0 spiro atoms. The summed E-state index contributed by atoms with van der Waals surface area (Å²) in [4.78, 5) is 16.8. The predicted molar refractivity (Wildman–Crippen MR) is 100.0 cm³/mol. The molecule has 1 fully saturated rings. The third-order valence-corrected chi connectivity index (χ3v) is 4.77. The highest BCUT2D eigenvalue weighted by atomic mass is 16.1. The Labute approximate surface area is 147 Å². The minimum Gasteiger partial charge on any atom is -0.356 e. The van der Waals surface area contributed by atoms with E-state index < -0.39 is 0 Å². The normalized spacial score (nSPS) is 19.6. The second-order valence-corrected chi connectivity index (χ2v) is 7.36. The molecule has 1 aliphatic heterocycles. The van der Waals surface area contributed by atoms with E-state index in [2.05, 4.69) is 66.3 Å². The number of hydrogen-bond donors (Lipinski definition) is 1. The zero-order chi connectivity index (χ0) is 17.4. The fourth-order valence-electron chi connectivity index (χ4n) is 3.23. The van der Waals surface area contributed by atoms with Gasteiger partial charge in [-0.15, -0.1) is 0 Å². The molecule has 1 aromatic rings. The first-order chi connectivity index (χ1) is 11.6. The van der Waals surface area contributed by atoms with Crippen LogP contribution in [0.2, 0.25) is 0 Å². The van der Waals surface area contributed by atoms with Gasteiger partial charge in [-0.1, -0.05) is 44.2 Å². The monoisotopic (exact) mass is 331 g/mol.